The minimum absolute atomic E-state index is 0.0440. The molecule has 1 aliphatic rings. The molecule has 16 heavy (non-hydrogen) atoms. The van der Waals surface area contributed by atoms with Crippen LogP contribution >= 0.6 is 0 Å². The molecule has 0 bridgehead atoms. The Hall–Kier alpha value is -1.42. The summed E-state index contributed by atoms with van der Waals surface area (Å²) in [7, 11) is 0. The van der Waals surface area contributed by atoms with E-state index in [1.54, 1.807) is 18.3 Å². The molecule has 0 saturated heterocycles. The number of pyridine rings is 1. The lowest BCUT2D eigenvalue weighted by atomic mass is 9.82. The van der Waals surface area contributed by atoms with Crippen molar-refractivity contribution in [3.05, 3.63) is 29.6 Å². The van der Waals surface area contributed by atoms with Crippen molar-refractivity contribution in [2.24, 2.45) is 5.73 Å². The number of nitrogens with zero attached hydrogens (tertiary/aromatic N) is 1. The van der Waals surface area contributed by atoms with E-state index in [2.05, 4.69) is 4.98 Å². The van der Waals surface area contributed by atoms with Crippen LogP contribution in [-0.4, -0.2) is 22.1 Å². The third-order valence-corrected chi connectivity index (χ3v) is 3.18. The maximum absolute atomic E-state index is 11.3. The zero-order valence-corrected chi connectivity index (χ0v) is 9.10. The standard InChI is InChI=1S/C12H16N2O2/c13-12(16)9-5-3-7-14-11(9)8-4-1-2-6-10(8)15/h3,5,7-8,10,15H,1-2,4,6H2,(H2,13,16)/t8-,10+/m1/s1. The topological polar surface area (TPSA) is 76.2 Å². The number of primary amides is 1. The molecule has 2 rings (SSSR count). The zero-order valence-electron chi connectivity index (χ0n) is 9.10. The van der Waals surface area contributed by atoms with Gasteiger partial charge in [0.25, 0.3) is 5.91 Å². The predicted octanol–water partition coefficient (Wildman–Crippen LogP) is 1.20. The van der Waals surface area contributed by atoms with E-state index < -0.39 is 12.0 Å². The van der Waals surface area contributed by atoms with Gasteiger partial charge in [0.2, 0.25) is 0 Å². The summed E-state index contributed by atoms with van der Waals surface area (Å²) >= 11 is 0. The van der Waals surface area contributed by atoms with Crippen LogP contribution in [0, 0.1) is 0 Å². The number of hydrogen-bond donors (Lipinski definition) is 2. The predicted molar refractivity (Wildman–Crippen MR) is 60.0 cm³/mol. The van der Waals surface area contributed by atoms with Gasteiger partial charge in [-0.05, 0) is 25.0 Å². The van der Waals surface area contributed by atoms with Gasteiger partial charge in [0.05, 0.1) is 17.4 Å². The highest BCUT2D eigenvalue weighted by Crippen LogP contribution is 2.33. The second-order valence-corrected chi connectivity index (χ2v) is 4.26. The quantitative estimate of drug-likeness (QED) is 0.786. The van der Waals surface area contributed by atoms with Crippen molar-refractivity contribution in [3.8, 4) is 0 Å². The molecule has 0 unspecified atom stereocenters. The van der Waals surface area contributed by atoms with Crippen LogP contribution in [0.15, 0.2) is 18.3 Å². The molecule has 4 nitrogen and oxygen atoms in total. The van der Waals surface area contributed by atoms with Gasteiger partial charge >= 0.3 is 0 Å². The van der Waals surface area contributed by atoms with Crippen LogP contribution in [0.2, 0.25) is 0 Å². The van der Waals surface area contributed by atoms with E-state index in [0.717, 1.165) is 25.7 Å². The first-order chi connectivity index (χ1) is 7.70. The summed E-state index contributed by atoms with van der Waals surface area (Å²) in [4.78, 5) is 15.5. The minimum atomic E-state index is -0.471. The van der Waals surface area contributed by atoms with Crippen LogP contribution in [-0.2, 0) is 0 Å². The number of amides is 1. The van der Waals surface area contributed by atoms with Crippen molar-refractivity contribution in [2.45, 2.75) is 37.7 Å². The molecule has 2 atom stereocenters. The van der Waals surface area contributed by atoms with Crippen LogP contribution in [0.5, 0.6) is 0 Å². The van der Waals surface area contributed by atoms with Gasteiger partial charge < -0.3 is 10.8 Å². The molecule has 1 aromatic heterocycles. The van der Waals surface area contributed by atoms with E-state index in [-0.39, 0.29) is 5.92 Å². The monoisotopic (exact) mass is 220 g/mol. The highest BCUT2D eigenvalue weighted by atomic mass is 16.3. The lowest BCUT2D eigenvalue weighted by molar-refractivity contribution is 0.0971. The summed E-state index contributed by atoms with van der Waals surface area (Å²) in [6.07, 6.45) is 5.00. The van der Waals surface area contributed by atoms with E-state index in [9.17, 15) is 9.90 Å². The highest BCUT2D eigenvalue weighted by molar-refractivity contribution is 5.94. The Morgan fingerprint density at radius 3 is 2.88 bits per heavy atom. The molecule has 1 amide bonds. The van der Waals surface area contributed by atoms with E-state index in [4.69, 9.17) is 5.73 Å². The fourth-order valence-electron chi connectivity index (χ4n) is 2.35. The van der Waals surface area contributed by atoms with E-state index in [0.29, 0.717) is 11.3 Å². The van der Waals surface area contributed by atoms with Gasteiger partial charge in [0, 0.05) is 12.1 Å². The second kappa shape index (κ2) is 4.61. The van der Waals surface area contributed by atoms with Crippen LogP contribution < -0.4 is 5.73 Å². The molecule has 1 aliphatic carbocycles. The van der Waals surface area contributed by atoms with Crippen LogP contribution in [0.3, 0.4) is 0 Å². The van der Waals surface area contributed by atoms with Crippen molar-refractivity contribution in [3.63, 3.8) is 0 Å². The van der Waals surface area contributed by atoms with E-state index in [1.165, 1.54) is 0 Å². The lowest BCUT2D eigenvalue weighted by Gasteiger charge is -2.27. The highest BCUT2D eigenvalue weighted by Gasteiger charge is 2.28. The summed E-state index contributed by atoms with van der Waals surface area (Å²) < 4.78 is 0. The minimum Gasteiger partial charge on any atom is -0.392 e. The van der Waals surface area contributed by atoms with Gasteiger partial charge in [-0.15, -0.1) is 0 Å². The average Bonchev–Trinajstić information content (AvgIpc) is 2.29. The van der Waals surface area contributed by atoms with Gasteiger partial charge in [-0.1, -0.05) is 12.8 Å². The van der Waals surface area contributed by atoms with Gasteiger partial charge in [0.15, 0.2) is 0 Å². The number of nitrogens with two attached hydrogens (primary N) is 1. The molecule has 0 aliphatic heterocycles. The Bertz CT molecular complexity index is 392. The third kappa shape index (κ3) is 2.07. The number of carbonyl (C=O) groups is 1. The molecule has 0 radical (unpaired) electrons. The molecule has 4 heteroatoms. The smallest absolute Gasteiger partial charge is 0.250 e. The Morgan fingerprint density at radius 1 is 1.44 bits per heavy atom. The molecular formula is C12H16N2O2. The molecule has 1 aromatic rings. The Morgan fingerprint density at radius 2 is 2.19 bits per heavy atom. The van der Waals surface area contributed by atoms with Crippen LogP contribution in [0.4, 0.5) is 0 Å². The number of aromatic nitrogens is 1. The summed E-state index contributed by atoms with van der Waals surface area (Å²) in [5.74, 6) is -0.515. The number of aliphatic hydroxyl groups is 1. The Labute approximate surface area is 94.5 Å². The first-order valence-electron chi connectivity index (χ1n) is 5.63. The second-order valence-electron chi connectivity index (χ2n) is 4.26. The van der Waals surface area contributed by atoms with Crippen LogP contribution in [0.25, 0.3) is 0 Å². The molecular weight excluding hydrogens is 204 g/mol. The normalized spacial score (nSPS) is 25.3. The van der Waals surface area contributed by atoms with Gasteiger partial charge in [-0.3, -0.25) is 9.78 Å². The average molecular weight is 220 g/mol. The molecule has 1 saturated carbocycles. The molecule has 1 fully saturated rings. The first kappa shape index (κ1) is 11.1. The molecule has 0 spiro atoms. The maximum Gasteiger partial charge on any atom is 0.250 e. The first-order valence-corrected chi connectivity index (χ1v) is 5.63. The number of carbonyl (C=O) groups excluding carboxylic acids is 1. The molecule has 0 aromatic carbocycles. The summed E-state index contributed by atoms with van der Waals surface area (Å²) in [6, 6.07) is 3.37. The summed E-state index contributed by atoms with van der Waals surface area (Å²) in [5, 5.41) is 9.94. The fraction of sp³-hybridized carbons (Fsp3) is 0.500. The molecule has 1 heterocycles. The lowest BCUT2D eigenvalue weighted by Crippen LogP contribution is -2.26. The zero-order chi connectivity index (χ0) is 11.5. The number of hydrogen-bond acceptors (Lipinski definition) is 3. The Balaban J connectivity index is 2.34. The van der Waals surface area contributed by atoms with Gasteiger partial charge in [-0.25, -0.2) is 0 Å². The third-order valence-electron chi connectivity index (χ3n) is 3.18. The summed E-state index contributed by atoms with van der Waals surface area (Å²) in [6.45, 7) is 0. The van der Waals surface area contributed by atoms with Crippen molar-refractivity contribution >= 4 is 5.91 Å². The fourth-order valence-corrected chi connectivity index (χ4v) is 2.35. The van der Waals surface area contributed by atoms with Crippen molar-refractivity contribution in [1.82, 2.24) is 4.98 Å². The van der Waals surface area contributed by atoms with Crippen molar-refractivity contribution in [2.75, 3.05) is 0 Å². The number of rotatable bonds is 2. The van der Waals surface area contributed by atoms with Crippen molar-refractivity contribution in [1.29, 1.82) is 0 Å². The van der Waals surface area contributed by atoms with E-state index >= 15 is 0 Å². The maximum atomic E-state index is 11.3. The molecule has 3 N–H and O–H groups in total. The van der Waals surface area contributed by atoms with Gasteiger partial charge in [0.1, 0.15) is 0 Å². The SMILES string of the molecule is NC(=O)c1cccnc1[C@@H]1CCCC[C@@H]1O. The molecule has 86 valence electrons. The Kier molecular flexibility index (Phi) is 3.19. The van der Waals surface area contributed by atoms with Crippen molar-refractivity contribution < 1.29 is 9.90 Å². The van der Waals surface area contributed by atoms with Crippen LogP contribution in [0.1, 0.15) is 47.7 Å². The summed E-state index contributed by atoms with van der Waals surface area (Å²) in [5.41, 5.74) is 6.40. The van der Waals surface area contributed by atoms with E-state index in [1.807, 2.05) is 0 Å². The largest absolute Gasteiger partial charge is 0.392 e. The van der Waals surface area contributed by atoms with Gasteiger partial charge in [-0.2, -0.15) is 0 Å². The number of aliphatic hydroxyl groups excluding tert-OH is 1.